The van der Waals surface area contributed by atoms with E-state index in [1.54, 1.807) is 22.6 Å². The second kappa shape index (κ2) is 2.25. The van der Waals surface area contributed by atoms with Gasteiger partial charge in [0.05, 0.1) is 18.8 Å². The van der Waals surface area contributed by atoms with Crippen LogP contribution in [0.1, 0.15) is 0 Å². The molecular weight excluding hydrogens is 150 g/mol. The van der Waals surface area contributed by atoms with Gasteiger partial charge in [-0.1, -0.05) is 5.21 Å². The van der Waals surface area contributed by atoms with Crippen molar-refractivity contribution in [3.63, 3.8) is 0 Å². The molecule has 1 aliphatic heterocycles. The van der Waals surface area contributed by atoms with Gasteiger partial charge in [0.15, 0.2) is 0 Å². The summed E-state index contributed by atoms with van der Waals surface area (Å²) in [6, 6.07) is 0. The number of fused-ring (bicyclic) bond motifs is 1. The van der Waals surface area contributed by atoms with Gasteiger partial charge in [0.1, 0.15) is 5.03 Å². The third kappa shape index (κ3) is 0.911. The van der Waals surface area contributed by atoms with Crippen LogP contribution in [0.5, 0.6) is 0 Å². The molecule has 4 nitrogen and oxygen atoms in total. The molecule has 1 aromatic rings. The van der Waals surface area contributed by atoms with Crippen LogP contribution in [0.4, 0.5) is 0 Å². The molecule has 10 heavy (non-hydrogen) atoms. The van der Waals surface area contributed by atoms with E-state index in [1.165, 1.54) is 0 Å². The number of hydrogen-bond donors (Lipinski definition) is 1. The Bertz CT molecular complexity index is 237. The van der Waals surface area contributed by atoms with Crippen LogP contribution in [-0.2, 0) is 6.54 Å². The maximum atomic E-state index is 9.16. The topological polar surface area (TPSA) is 50.9 Å². The van der Waals surface area contributed by atoms with Crippen molar-refractivity contribution in [2.24, 2.45) is 0 Å². The third-order valence-corrected chi connectivity index (χ3v) is 2.55. The maximum absolute atomic E-state index is 9.16. The van der Waals surface area contributed by atoms with Crippen molar-refractivity contribution in [3.8, 4) is 0 Å². The van der Waals surface area contributed by atoms with Crippen LogP contribution in [0.25, 0.3) is 0 Å². The lowest BCUT2D eigenvalue weighted by molar-refractivity contribution is 0.164. The molecule has 1 unspecified atom stereocenters. The smallest absolute Gasteiger partial charge is 0.115 e. The number of aliphatic hydroxyl groups is 1. The van der Waals surface area contributed by atoms with E-state index in [2.05, 4.69) is 10.3 Å². The predicted octanol–water partition coefficient (Wildman–Crippen LogP) is -0.255. The molecule has 0 aromatic carbocycles. The van der Waals surface area contributed by atoms with Crippen LogP contribution in [0.3, 0.4) is 0 Å². The van der Waals surface area contributed by atoms with E-state index in [-0.39, 0.29) is 6.10 Å². The summed E-state index contributed by atoms with van der Waals surface area (Å²) in [5.41, 5.74) is 0. The van der Waals surface area contributed by atoms with Crippen molar-refractivity contribution in [3.05, 3.63) is 6.20 Å². The molecule has 2 heterocycles. The summed E-state index contributed by atoms with van der Waals surface area (Å²) in [7, 11) is 0. The molecule has 54 valence electrons. The first-order valence-electron chi connectivity index (χ1n) is 3.05. The first-order valence-corrected chi connectivity index (χ1v) is 4.04. The molecule has 1 aliphatic rings. The Hall–Kier alpha value is -0.550. The summed E-state index contributed by atoms with van der Waals surface area (Å²) in [6.45, 7) is 0.586. The van der Waals surface area contributed by atoms with Crippen LogP contribution in [0, 0.1) is 0 Å². The first-order chi connectivity index (χ1) is 4.86. The number of nitrogens with zero attached hydrogens (tertiary/aromatic N) is 3. The van der Waals surface area contributed by atoms with Crippen molar-refractivity contribution >= 4 is 11.8 Å². The first kappa shape index (κ1) is 6.18. The van der Waals surface area contributed by atoms with Crippen molar-refractivity contribution in [1.82, 2.24) is 15.0 Å². The molecule has 1 aromatic heterocycles. The number of aromatic nitrogens is 3. The minimum absolute atomic E-state index is 0.265. The van der Waals surface area contributed by atoms with E-state index >= 15 is 0 Å². The number of hydrogen-bond acceptors (Lipinski definition) is 4. The summed E-state index contributed by atoms with van der Waals surface area (Å²) in [5, 5.41) is 17.7. The van der Waals surface area contributed by atoms with Crippen molar-refractivity contribution in [1.29, 1.82) is 0 Å². The number of rotatable bonds is 0. The van der Waals surface area contributed by atoms with Gasteiger partial charge in [0.2, 0.25) is 0 Å². The summed E-state index contributed by atoms with van der Waals surface area (Å²) < 4.78 is 1.72. The van der Waals surface area contributed by atoms with Gasteiger partial charge in [-0.2, -0.15) is 0 Å². The van der Waals surface area contributed by atoms with Crippen LogP contribution in [0.2, 0.25) is 0 Å². The van der Waals surface area contributed by atoms with Gasteiger partial charge in [-0.25, -0.2) is 4.68 Å². The Balaban J connectivity index is 2.30. The average molecular weight is 157 g/mol. The molecule has 1 N–H and O–H groups in total. The third-order valence-electron chi connectivity index (χ3n) is 1.39. The van der Waals surface area contributed by atoms with E-state index in [0.717, 1.165) is 10.8 Å². The molecule has 2 rings (SSSR count). The van der Waals surface area contributed by atoms with Crippen LogP contribution < -0.4 is 0 Å². The van der Waals surface area contributed by atoms with Crippen molar-refractivity contribution in [2.75, 3.05) is 5.75 Å². The van der Waals surface area contributed by atoms with Crippen molar-refractivity contribution < 1.29 is 5.11 Å². The fourth-order valence-electron chi connectivity index (χ4n) is 0.920. The molecule has 0 amide bonds. The highest BCUT2D eigenvalue weighted by atomic mass is 32.2. The zero-order chi connectivity index (χ0) is 6.97. The van der Waals surface area contributed by atoms with Gasteiger partial charge in [0, 0.05) is 5.75 Å². The van der Waals surface area contributed by atoms with Gasteiger partial charge in [-0.3, -0.25) is 0 Å². The molecule has 0 aliphatic carbocycles. The second-order valence-electron chi connectivity index (χ2n) is 2.22. The number of aliphatic hydroxyl groups excluding tert-OH is 1. The highest BCUT2D eigenvalue weighted by molar-refractivity contribution is 7.99. The second-order valence-corrected chi connectivity index (χ2v) is 3.26. The lowest BCUT2D eigenvalue weighted by Crippen LogP contribution is -2.24. The van der Waals surface area contributed by atoms with Crippen LogP contribution in [0.15, 0.2) is 11.2 Å². The largest absolute Gasteiger partial charge is 0.390 e. The van der Waals surface area contributed by atoms with Gasteiger partial charge >= 0.3 is 0 Å². The Morgan fingerprint density at radius 2 is 2.70 bits per heavy atom. The van der Waals surface area contributed by atoms with E-state index in [9.17, 15) is 0 Å². The van der Waals surface area contributed by atoms with Crippen molar-refractivity contribution in [2.45, 2.75) is 17.7 Å². The molecule has 0 spiro atoms. The number of thioether (sulfide) groups is 1. The van der Waals surface area contributed by atoms with E-state index < -0.39 is 0 Å². The normalized spacial score (nSPS) is 24.3. The van der Waals surface area contributed by atoms with Gasteiger partial charge in [-0.15, -0.1) is 16.9 Å². The average Bonchev–Trinajstić information content (AvgIpc) is 2.33. The maximum Gasteiger partial charge on any atom is 0.115 e. The van der Waals surface area contributed by atoms with E-state index in [4.69, 9.17) is 5.11 Å². The molecule has 1 atom stereocenters. The Morgan fingerprint density at radius 3 is 3.60 bits per heavy atom. The quantitative estimate of drug-likeness (QED) is 0.564. The van der Waals surface area contributed by atoms with Gasteiger partial charge < -0.3 is 5.11 Å². The van der Waals surface area contributed by atoms with Crippen LogP contribution in [-0.4, -0.2) is 32.0 Å². The monoisotopic (exact) mass is 157 g/mol. The lowest BCUT2D eigenvalue weighted by Gasteiger charge is -2.16. The molecule has 0 fully saturated rings. The van der Waals surface area contributed by atoms with Crippen LogP contribution >= 0.6 is 11.8 Å². The standard InChI is InChI=1S/C5H7N3OS/c9-4-2-8-5(10-3-4)1-6-7-8/h1,4,9H,2-3H2. The molecule has 0 saturated heterocycles. The Labute approximate surface area is 62.2 Å². The van der Waals surface area contributed by atoms with E-state index in [1.807, 2.05) is 0 Å². The Morgan fingerprint density at radius 1 is 1.80 bits per heavy atom. The molecule has 0 radical (unpaired) electrons. The highest BCUT2D eigenvalue weighted by Gasteiger charge is 2.16. The fraction of sp³-hybridized carbons (Fsp3) is 0.600. The molecule has 5 heteroatoms. The summed E-state index contributed by atoms with van der Waals surface area (Å²) in [6.07, 6.45) is 1.45. The Kier molecular flexibility index (Phi) is 1.39. The minimum Gasteiger partial charge on any atom is -0.390 e. The fourth-order valence-corrected chi connectivity index (χ4v) is 1.77. The molecule has 0 saturated carbocycles. The highest BCUT2D eigenvalue weighted by Crippen LogP contribution is 2.22. The summed E-state index contributed by atoms with van der Waals surface area (Å²) in [5.74, 6) is 0.757. The zero-order valence-electron chi connectivity index (χ0n) is 5.27. The SMILES string of the molecule is OC1CSc2cnnn2C1. The molecular formula is C5H7N3OS. The summed E-state index contributed by atoms with van der Waals surface area (Å²) in [4.78, 5) is 0. The molecule has 0 bridgehead atoms. The minimum atomic E-state index is -0.265. The zero-order valence-corrected chi connectivity index (χ0v) is 6.08. The van der Waals surface area contributed by atoms with Gasteiger partial charge in [0.25, 0.3) is 0 Å². The summed E-state index contributed by atoms with van der Waals surface area (Å²) >= 11 is 1.59. The van der Waals surface area contributed by atoms with Gasteiger partial charge in [-0.05, 0) is 0 Å². The lowest BCUT2D eigenvalue weighted by atomic mass is 10.4. The predicted molar refractivity (Wildman–Crippen MR) is 36.8 cm³/mol. The van der Waals surface area contributed by atoms with E-state index in [0.29, 0.717) is 6.54 Å².